The highest BCUT2D eigenvalue weighted by Crippen LogP contribution is 2.44. The third-order valence-corrected chi connectivity index (χ3v) is 5.62. The summed E-state index contributed by atoms with van der Waals surface area (Å²) in [7, 11) is 1.45. The number of hydrogen-bond acceptors (Lipinski definition) is 6. The zero-order valence-electron chi connectivity index (χ0n) is 15.6. The predicted molar refractivity (Wildman–Crippen MR) is 102 cm³/mol. The zero-order valence-corrected chi connectivity index (χ0v) is 15.6. The molecular weight excluding hydrogens is 367 g/mol. The number of methoxy groups -OCH3 is 1. The number of nitrogens with zero attached hydrogens (tertiary/aromatic N) is 2. The summed E-state index contributed by atoms with van der Waals surface area (Å²) in [6, 6.07) is 1.26. The van der Waals surface area contributed by atoms with Crippen molar-refractivity contribution in [3.05, 3.63) is 33.9 Å². The second-order valence-electron chi connectivity index (χ2n) is 7.42. The van der Waals surface area contributed by atoms with Gasteiger partial charge in [0.05, 0.1) is 18.0 Å². The van der Waals surface area contributed by atoms with Crippen molar-refractivity contribution in [1.82, 2.24) is 10.0 Å². The summed E-state index contributed by atoms with van der Waals surface area (Å²) in [6.07, 6.45) is 4.05. The lowest BCUT2D eigenvalue weighted by Crippen LogP contribution is -2.28. The number of carbonyl (C=O) groups excluding carboxylic acids is 1. The molecule has 2 fully saturated rings. The van der Waals surface area contributed by atoms with Crippen LogP contribution in [0.25, 0.3) is 10.9 Å². The van der Waals surface area contributed by atoms with Crippen molar-refractivity contribution in [3.8, 4) is 5.75 Å². The van der Waals surface area contributed by atoms with E-state index < -0.39 is 17.2 Å². The van der Waals surface area contributed by atoms with E-state index in [0.29, 0.717) is 30.8 Å². The van der Waals surface area contributed by atoms with Crippen LogP contribution in [0, 0.1) is 11.7 Å². The van der Waals surface area contributed by atoms with Gasteiger partial charge in [-0.05, 0) is 37.8 Å². The number of nitrogens with two attached hydrogens (primary N) is 1. The lowest BCUT2D eigenvalue weighted by Gasteiger charge is -2.24. The molecule has 1 aliphatic carbocycles. The van der Waals surface area contributed by atoms with Crippen molar-refractivity contribution >= 4 is 22.5 Å². The maximum Gasteiger partial charge on any atom is 0.280 e. The molecule has 0 unspecified atom stereocenters. The van der Waals surface area contributed by atoms with E-state index in [1.54, 1.807) is 4.57 Å². The average molecular weight is 390 g/mol. The van der Waals surface area contributed by atoms with Crippen molar-refractivity contribution in [2.45, 2.75) is 25.3 Å². The van der Waals surface area contributed by atoms with Crippen LogP contribution in [0.4, 0.5) is 10.1 Å². The van der Waals surface area contributed by atoms with E-state index in [9.17, 15) is 9.59 Å². The number of amides is 1. The van der Waals surface area contributed by atoms with Gasteiger partial charge in [0.2, 0.25) is 5.43 Å². The van der Waals surface area contributed by atoms with Gasteiger partial charge in [0.1, 0.15) is 11.3 Å². The molecular formula is C19H23FN4O4. The first-order chi connectivity index (χ1) is 13.5. The van der Waals surface area contributed by atoms with Gasteiger partial charge in [-0.2, -0.15) is 0 Å². The van der Waals surface area contributed by atoms with Crippen LogP contribution in [-0.4, -0.2) is 42.4 Å². The molecule has 1 atom stereocenters. The molecule has 9 heteroatoms. The molecule has 2 aromatic rings. The molecule has 1 saturated carbocycles. The minimum absolute atomic E-state index is 0.0562. The maximum atomic E-state index is 15.1. The minimum atomic E-state index is -0.921. The van der Waals surface area contributed by atoms with Gasteiger partial charge in [-0.3, -0.25) is 14.8 Å². The first kappa shape index (κ1) is 18.7. The van der Waals surface area contributed by atoms with Crippen molar-refractivity contribution in [1.29, 1.82) is 0 Å². The Kier molecular flexibility index (Phi) is 4.72. The molecule has 2 heterocycles. The first-order valence-electron chi connectivity index (χ1n) is 9.34. The number of carbonyl (C=O) groups is 1. The van der Waals surface area contributed by atoms with E-state index in [1.807, 2.05) is 4.90 Å². The Morgan fingerprint density at radius 2 is 2.18 bits per heavy atom. The molecule has 0 spiro atoms. The number of anilines is 1. The lowest BCUT2D eigenvalue weighted by molar-refractivity contribution is 0.0704. The number of pyridine rings is 1. The number of rotatable bonds is 5. The summed E-state index contributed by atoms with van der Waals surface area (Å²) in [4.78, 5) is 26.7. The number of fused-ring (bicyclic) bond motifs is 1. The fourth-order valence-corrected chi connectivity index (χ4v) is 4.02. The molecule has 0 bridgehead atoms. The summed E-state index contributed by atoms with van der Waals surface area (Å²) in [6.45, 7) is 1.80. The summed E-state index contributed by atoms with van der Waals surface area (Å²) in [5.74, 6) is -0.938. The van der Waals surface area contributed by atoms with Crippen molar-refractivity contribution in [3.63, 3.8) is 0 Å². The number of halogens is 1. The van der Waals surface area contributed by atoms with E-state index in [1.165, 1.54) is 24.9 Å². The molecule has 1 aromatic heterocycles. The number of aromatic nitrogens is 1. The molecule has 2 aliphatic rings. The second-order valence-corrected chi connectivity index (χ2v) is 7.42. The fourth-order valence-electron chi connectivity index (χ4n) is 4.02. The van der Waals surface area contributed by atoms with Crippen molar-refractivity contribution in [2.24, 2.45) is 11.7 Å². The minimum Gasteiger partial charge on any atom is -0.492 e. The van der Waals surface area contributed by atoms with Gasteiger partial charge in [-0.15, -0.1) is 0 Å². The summed E-state index contributed by atoms with van der Waals surface area (Å²) in [5, 5.41) is 9.01. The topological polar surface area (TPSA) is 110 Å². The van der Waals surface area contributed by atoms with Crippen LogP contribution in [0.15, 0.2) is 17.1 Å². The Morgan fingerprint density at radius 1 is 1.43 bits per heavy atom. The van der Waals surface area contributed by atoms with Crippen LogP contribution in [0.1, 0.15) is 35.7 Å². The average Bonchev–Trinajstić information content (AvgIpc) is 3.44. The Hall–Kier alpha value is -2.65. The molecule has 1 saturated heterocycles. The highest BCUT2D eigenvalue weighted by Gasteiger charge is 2.33. The van der Waals surface area contributed by atoms with E-state index in [0.717, 1.165) is 19.3 Å². The SMILES string of the molecule is COc1c(N2CC[C@@H](CN)C2)c(F)cc2c(=O)c(C(=O)NO)cn(C3CC3)c12. The summed E-state index contributed by atoms with van der Waals surface area (Å²) < 4.78 is 22.5. The van der Waals surface area contributed by atoms with Crippen molar-refractivity contribution in [2.75, 3.05) is 31.6 Å². The van der Waals surface area contributed by atoms with Crippen LogP contribution in [0.5, 0.6) is 5.75 Å². The number of ether oxygens (including phenoxy) is 1. The van der Waals surface area contributed by atoms with Gasteiger partial charge in [0.15, 0.2) is 11.6 Å². The molecule has 4 rings (SSSR count). The van der Waals surface area contributed by atoms with E-state index in [4.69, 9.17) is 15.7 Å². The van der Waals surface area contributed by atoms with Gasteiger partial charge in [-0.25, -0.2) is 9.87 Å². The molecule has 1 aromatic carbocycles. The molecule has 28 heavy (non-hydrogen) atoms. The fraction of sp³-hybridized carbons (Fsp3) is 0.474. The number of benzene rings is 1. The van der Waals surface area contributed by atoms with Gasteiger partial charge in [0.25, 0.3) is 5.91 Å². The number of nitrogens with one attached hydrogen (secondary N) is 1. The molecule has 1 aliphatic heterocycles. The highest BCUT2D eigenvalue weighted by molar-refractivity contribution is 5.99. The van der Waals surface area contributed by atoms with Crippen molar-refractivity contribution < 1.29 is 19.1 Å². The Bertz CT molecular complexity index is 1000. The van der Waals surface area contributed by atoms with Crippen LogP contribution in [-0.2, 0) is 0 Å². The standard InChI is InChI=1S/C19H23FN4O4/c1-28-18-15-12(6-14(20)16(18)23-5-4-10(7-21)8-23)17(25)13(19(26)22-27)9-24(15)11-2-3-11/h6,9-11,27H,2-5,7-8,21H2,1H3,(H,22,26)/t10-/m0/s1. The number of hydrogen-bond donors (Lipinski definition) is 3. The molecule has 150 valence electrons. The maximum absolute atomic E-state index is 15.1. The van der Waals surface area contributed by atoms with Crippen LogP contribution < -0.4 is 26.3 Å². The molecule has 4 N–H and O–H groups in total. The van der Waals surface area contributed by atoms with Crippen LogP contribution in [0.3, 0.4) is 0 Å². The van der Waals surface area contributed by atoms with Gasteiger partial charge >= 0.3 is 0 Å². The van der Waals surface area contributed by atoms with E-state index in [-0.39, 0.29) is 28.7 Å². The first-order valence-corrected chi connectivity index (χ1v) is 9.34. The summed E-state index contributed by atoms with van der Waals surface area (Å²) >= 11 is 0. The lowest BCUT2D eigenvalue weighted by atomic mass is 10.1. The van der Waals surface area contributed by atoms with Crippen LogP contribution in [0.2, 0.25) is 0 Å². The summed E-state index contributed by atoms with van der Waals surface area (Å²) in [5.41, 5.74) is 7.16. The largest absolute Gasteiger partial charge is 0.492 e. The Morgan fingerprint density at radius 3 is 2.75 bits per heavy atom. The Balaban J connectivity index is 1.99. The molecule has 8 nitrogen and oxygen atoms in total. The van der Waals surface area contributed by atoms with E-state index >= 15 is 4.39 Å². The third-order valence-electron chi connectivity index (χ3n) is 5.62. The van der Waals surface area contributed by atoms with Gasteiger partial charge in [-0.1, -0.05) is 0 Å². The normalized spacial score (nSPS) is 19.3. The smallest absolute Gasteiger partial charge is 0.280 e. The second kappa shape index (κ2) is 7.06. The molecule has 0 radical (unpaired) electrons. The van der Waals surface area contributed by atoms with Gasteiger partial charge in [0, 0.05) is 25.3 Å². The predicted octanol–water partition coefficient (Wildman–Crippen LogP) is 1.39. The molecule has 1 amide bonds. The quantitative estimate of drug-likeness (QED) is 0.526. The highest BCUT2D eigenvalue weighted by atomic mass is 19.1. The van der Waals surface area contributed by atoms with E-state index in [2.05, 4.69) is 0 Å². The third kappa shape index (κ3) is 2.91. The monoisotopic (exact) mass is 390 g/mol. The number of hydroxylamine groups is 1. The Labute approximate surface area is 160 Å². The van der Waals surface area contributed by atoms with Crippen LogP contribution >= 0.6 is 0 Å². The van der Waals surface area contributed by atoms with Gasteiger partial charge < -0.3 is 19.9 Å². The zero-order chi connectivity index (χ0) is 20.0.